The highest BCUT2D eigenvalue weighted by Gasteiger charge is 2.12. The number of aromatic nitrogens is 4. The maximum absolute atomic E-state index is 6.20. The zero-order valence-corrected chi connectivity index (χ0v) is 11.6. The first-order chi connectivity index (χ1) is 8.47. The summed E-state index contributed by atoms with van der Waals surface area (Å²) in [5.74, 6) is 0. The fourth-order valence-electron chi connectivity index (χ4n) is 1.96. The fourth-order valence-corrected chi connectivity index (χ4v) is 2.20. The zero-order chi connectivity index (χ0) is 13.3. The van der Waals surface area contributed by atoms with Gasteiger partial charge in [-0.05, 0) is 13.8 Å². The first kappa shape index (κ1) is 13.1. The molecule has 98 valence electrons. The van der Waals surface area contributed by atoms with Crippen molar-refractivity contribution in [3.8, 4) is 0 Å². The van der Waals surface area contributed by atoms with Crippen LogP contribution >= 0.6 is 11.6 Å². The van der Waals surface area contributed by atoms with Crippen molar-refractivity contribution in [3.05, 3.63) is 34.6 Å². The van der Waals surface area contributed by atoms with Gasteiger partial charge in [-0.1, -0.05) is 11.6 Å². The Hall–Kier alpha value is -1.33. The molecule has 0 saturated carbocycles. The van der Waals surface area contributed by atoms with Crippen molar-refractivity contribution in [1.82, 2.24) is 19.3 Å². The number of hydrogen-bond donors (Lipinski definition) is 1. The molecule has 1 unspecified atom stereocenters. The Morgan fingerprint density at radius 1 is 1.50 bits per heavy atom. The molecule has 0 aliphatic carbocycles. The van der Waals surface area contributed by atoms with Gasteiger partial charge in [0.15, 0.2) is 0 Å². The third kappa shape index (κ3) is 2.73. The van der Waals surface area contributed by atoms with Crippen LogP contribution in [-0.2, 0) is 20.0 Å². The van der Waals surface area contributed by atoms with Gasteiger partial charge in [0.1, 0.15) is 5.15 Å². The molecule has 0 aliphatic heterocycles. The van der Waals surface area contributed by atoms with Crippen LogP contribution < -0.4 is 5.73 Å². The van der Waals surface area contributed by atoms with E-state index in [1.807, 2.05) is 31.7 Å². The SMILES string of the molecule is Cc1nn(C)c(Cl)c1Cn1cnc(CC(C)N)c1. The number of nitrogens with two attached hydrogens (primary N) is 1. The van der Waals surface area contributed by atoms with Crippen LogP contribution in [0, 0.1) is 6.92 Å². The number of nitrogens with zero attached hydrogens (tertiary/aromatic N) is 4. The molecule has 0 saturated heterocycles. The minimum Gasteiger partial charge on any atom is -0.333 e. The summed E-state index contributed by atoms with van der Waals surface area (Å²) in [6, 6.07) is 0.122. The molecule has 6 heteroatoms. The third-order valence-electron chi connectivity index (χ3n) is 2.83. The zero-order valence-electron chi connectivity index (χ0n) is 10.9. The van der Waals surface area contributed by atoms with Crippen LogP contribution in [0.4, 0.5) is 0 Å². The molecule has 18 heavy (non-hydrogen) atoms. The number of aryl methyl sites for hydroxylation is 2. The highest BCUT2D eigenvalue weighted by atomic mass is 35.5. The third-order valence-corrected chi connectivity index (χ3v) is 3.30. The summed E-state index contributed by atoms with van der Waals surface area (Å²) in [5, 5.41) is 4.97. The molecule has 2 rings (SSSR count). The van der Waals surface area contributed by atoms with Crippen LogP contribution in [0.3, 0.4) is 0 Å². The van der Waals surface area contributed by atoms with Crippen LogP contribution in [0.15, 0.2) is 12.5 Å². The van der Waals surface area contributed by atoms with Gasteiger partial charge in [-0.2, -0.15) is 5.10 Å². The van der Waals surface area contributed by atoms with Crippen molar-refractivity contribution in [2.24, 2.45) is 12.8 Å². The largest absolute Gasteiger partial charge is 0.333 e. The van der Waals surface area contributed by atoms with Crippen molar-refractivity contribution < 1.29 is 0 Å². The van der Waals surface area contributed by atoms with E-state index in [9.17, 15) is 0 Å². The molecule has 0 amide bonds. The van der Waals surface area contributed by atoms with Gasteiger partial charge in [-0.15, -0.1) is 0 Å². The Morgan fingerprint density at radius 2 is 2.22 bits per heavy atom. The highest BCUT2D eigenvalue weighted by Crippen LogP contribution is 2.19. The lowest BCUT2D eigenvalue weighted by Gasteiger charge is -2.02. The summed E-state index contributed by atoms with van der Waals surface area (Å²) in [6.45, 7) is 4.62. The van der Waals surface area contributed by atoms with E-state index in [4.69, 9.17) is 17.3 Å². The van der Waals surface area contributed by atoms with Gasteiger partial charge in [-0.3, -0.25) is 4.68 Å². The summed E-state index contributed by atoms with van der Waals surface area (Å²) in [4.78, 5) is 4.33. The Kier molecular flexibility index (Phi) is 3.73. The molecule has 1 atom stereocenters. The Labute approximate surface area is 112 Å². The van der Waals surface area contributed by atoms with E-state index in [1.54, 1.807) is 11.0 Å². The average Bonchev–Trinajstić information content (AvgIpc) is 2.79. The number of hydrogen-bond acceptors (Lipinski definition) is 3. The summed E-state index contributed by atoms with van der Waals surface area (Å²) in [6.07, 6.45) is 4.60. The molecule has 0 bridgehead atoms. The van der Waals surface area contributed by atoms with E-state index < -0.39 is 0 Å². The second kappa shape index (κ2) is 5.12. The second-order valence-electron chi connectivity index (χ2n) is 4.70. The monoisotopic (exact) mass is 267 g/mol. The molecular weight excluding hydrogens is 250 g/mol. The molecule has 0 spiro atoms. The maximum Gasteiger partial charge on any atom is 0.131 e. The number of halogens is 1. The number of imidazole rings is 1. The molecular formula is C12H18ClN5. The maximum atomic E-state index is 6.20. The van der Waals surface area contributed by atoms with E-state index in [0.29, 0.717) is 11.7 Å². The lowest BCUT2D eigenvalue weighted by molar-refractivity contribution is 0.723. The molecule has 0 aliphatic rings. The van der Waals surface area contributed by atoms with Crippen molar-refractivity contribution in [2.75, 3.05) is 0 Å². The van der Waals surface area contributed by atoms with Crippen LogP contribution in [0.5, 0.6) is 0 Å². The van der Waals surface area contributed by atoms with Crippen molar-refractivity contribution in [2.45, 2.75) is 32.9 Å². The summed E-state index contributed by atoms with van der Waals surface area (Å²) >= 11 is 6.20. The molecule has 0 aromatic carbocycles. The van der Waals surface area contributed by atoms with Crippen LogP contribution in [0.2, 0.25) is 5.15 Å². The smallest absolute Gasteiger partial charge is 0.131 e. The van der Waals surface area contributed by atoms with Gasteiger partial charge < -0.3 is 10.3 Å². The first-order valence-electron chi connectivity index (χ1n) is 5.91. The average molecular weight is 268 g/mol. The summed E-state index contributed by atoms with van der Waals surface area (Å²) < 4.78 is 3.69. The predicted octanol–water partition coefficient (Wildman–Crippen LogP) is 1.52. The molecule has 5 nitrogen and oxygen atoms in total. The van der Waals surface area contributed by atoms with Crippen molar-refractivity contribution in [3.63, 3.8) is 0 Å². The molecule has 0 radical (unpaired) electrons. The van der Waals surface area contributed by atoms with E-state index in [2.05, 4.69) is 10.1 Å². The van der Waals surface area contributed by atoms with E-state index in [1.165, 1.54) is 0 Å². The quantitative estimate of drug-likeness (QED) is 0.914. The molecule has 0 fully saturated rings. The minimum absolute atomic E-state index is 0.122. The van der Waals surface area contributed by atoms with E-state index in [-0.39, 0.29) is 6.04 Å². The second-order valence-corrected chi connectivity index (χ2v) is 5.06. The predicted molar refractivity (Wildman–Crippen MR) is 71.6 cm³/mol. The highest BCUT2D eigenvalue weighted by molar-refractivity contribution is 6.30. The molecule has 2 aromatic rings. The normalized spacial score (nSPS) is 12.9. The number of rotatable bonds is 4. The lowest BCUT2D eigenvalue weighted by Crippen LogP contribution is -2.17. The van der Waals surface area contributed by atoms with Crippen LogP contribution in [0.25, 0.3) is 0 Å². The Morgan fingerprint density at radius 3 is 2.78 bits per heavy atom. The summed E-state index contributed by atoms with van der Waals surface area (Å²) in [7, 11) is 1.84. The topological polar surface area (TPSA) is 61.7 Å². The van der Waals surface area contributed by atoms with Crippen molar-refractivity contribution in [1.29, 1.82) is 0 Å². The van der Waals surface area contributed by atoms with Crippen LogP contribution in [-0.4, -0.2) is 25.4 Å². The Balaban J connectivity index is 2.16. The minimum atomic E-state index is 0.122. The van der Waals surface area contributed by atoms with Gasteiger partial charge in [-0.25, -0.2) is 4.98 Å². The van der Waals surface area contributed by atoms with Gasteiger partial charge in [0, 0.05) is 31.3 Å². The van der Waals surface area contributed by atoms with Gasteiger partial charge in [0.05, 0.1) is 24.3 Å². The molecule has 2 heterocycles. The van der Waals surface area contributed by atoms with Crippen molar-refractivity contribution >= 4 is 11.6 Å². The van der Waals surface area contributed by atoms with E-state index in [0.717, 1.165) is 23.4 Å². The standard InChI is InChI=1S/C12H18ClN5/c1-8(14)4-10-5-18(7-15-10)6-11-9(2)16-17(3)12(11)13/h5,7-8H,4,6,14H2,1-3H3. The van der Waals surface area contributed by atoms with Gasteiger partial charge in [0.25, 0.3) is 0 Å². The fraction of sp³-hybridized carbons (Fsp3) is 0.500. The van der Waals surface area contributed by atoms with Gasteiger partial charge >= 0.3 is 0 Å². The first-order valence-corrected chi connectivity index (χ1v) is 6.29. The van der Waals surface area contributed by atoms with E-state index >= 15 is 0 Å². The van der Waals surface area contributed by atoms with Crippen LogP contribution in [0.1, 0.15) is 23.9 Å². The molecule has 2 aromatic heterocycles. The summed E-state index contributed by atoms with van der Waals surface area (Å²) in [5.41, 5.74) is 8.74. The Bertz CT molecular complexity index is 541. The van der Waals surface area contributed by atoms with Gasteiger partial charge in [0.2, 0.25) is 0 Å². The molecule has 2 N–H and O–H groups in total. The lowest BCUT2D eigenvalue weighted by atomic mass is 10.2.